The monoisotopic (exact) mass is 493 g/mol. The summed E-state index contributed by atoms with van der Waals surface area (Å²) in [6.07, 6.45) is 4.05. The van der Waals surface area contributed by atoms with E-state index in [0.717, 1.165) is 12.1 Å². The van der Waals surface area contributed by atoms with Gasteiger partial charge in [-0.05, 0) is 52.0 Å². The average molecular weight is 494 g/mol. The Balaban J connectivity index is 1.51. The number of aromatic amines is 1. The van der Waals surface area contributed by atoms with Gasteiger partial charge in [0.1, 0.15) is 5.69 Å². The van der Waals surface area contributed by atoms with Crippen LogP contribution in [0.15, 0.2) is 18.5 Å². The van der Waals surface area contributed by atoms with Crippen molar-refractivity contribution in [2.24, 2.45) is 11.1 Å². The van der Waals surface area contributed by atoms with E-state index in [0.29, 0.717) is 38.6 Å². The molecule has 11 heteroatoms. The third-order valence-corrected chi connectivity index (χ3v) is 7.28. The van der Waals surface area contributed by atoms with E-state index in [1.165, 1.54) is 11.2 Å². The van der Waals surface area contributed by atoms with Crippen molar-refractivity contribution >= 4 is 35.0 Å². The van der Waals surface area contributed by atoms with Crippen LogP contribution in [0.2, 0.25) is 5.02 Å². The van der Waals surface area contributed by atoms with Crippen molar-refractivity contribution in [3.05, 3.63) is 46.5 Å². The Bertz CT molecular complexity index is 1140. The molecule has 0 atom stereocenters. The number of halogens is 3. The largest absolute Gasteiger partial charge is 0.364 e. The number of anilines is 1. The Morgan fingerprint density at radius 3 is 2.50 bits per heavy atom. The molecule has 0 bridgehead atoms. The number of nitrogens with zero attached hydrogens (tertiary/aromatic N) is 3. The highest BCUT2D eigenvalue weighted by molar-refractivity contribution is 6.34. The summed E-state index contributed by atoms with van der Waals surface area (Å²) in [6, 6.07) is 1.52. The molecule has 1 aromatic heterocycles. The Morgan fingerprint density at radius 2 is 1.88 bits per heavy atom. The topological polar surface area (TPSA) is 112 Å². The van der Waals surface area contributed by atoms with E-state index in [9.17, 15) is 23.2 Å². The molecule has 1 saturated heterocycles. The normalized spacial score (nSPS) is 22.6. The van der Waals surface area contributed by atoms with Gasteiger partial charge in [-0.1, -0.05) is 11.6 Å². The van der Waals surface area contributed by atoms with Gasteiger partial charge in [0.05, 0.1) is 22.5 Å². The van der Waals surface area contributed by atoms with Crippen LogP contribution in [0.1, 0.15) is 66.9 Å². The minimum Gasteiger partial charge on any atom is -0.364 e. The third kappa shape index (κ3) is 4.04. The molecule has 2 aromatic rings. The molecule has 1 aliphatic carbocycles. The number of nitrogens with one attached hydrogen (secondary N) is 1. The highest BCUT2D eigenvalue weighted by Crippen LogP contribution is 2.48. The van der Waals surface area contributed by atoms with Gasteiger partial charge >= 0.3 is 0 Å². The molecule has 0 radical (unpaired) electrons. The second-order valence-electron chi connectivity index (χ2n) is 9.23. The van der Waals surface area contributed by atoms with Crippen molar-refractivity contribution in [1.82, 2.24) is 14.9 Å². The van der Waals surface area contributed by atoms with Crippen LogP contribution in [0.3, 0.4) is 0 Å². The van der Waals surface area contributed by atoms with E-state index < -0.39 is 23.0 Å². The third-order valence-electron chi connectivity index (χ3n) is 6.98. The highest BCUT2D eigenvalue weighted by atomic mass is 35.5. The fraction of sp³-hybridized carbons (Fsp3) is 0.478. The molecule has 34 heavy (non-hydrogen) atoms. The first kappa shape index (κ1) is 24.1. The molecule has 3 amide bonds. The molecule has 182 valence electrons. The van der Waals surface area contributed by atoms with Crippen LogP contribution in [-0.4, -0.2) is 51.2 Å². The maximum Gasteiger partial charge on any atom is 0.275 e. The predicted molar refractivity (Wildman–Crippen MR) is 121 cm³/mol. The predicted octanol–water partition coefficient (Wildman–Crippen LogP) is 3.66. The number of carbonyl (C=O) groups is 3. The minimum atomic E-state index is -1.06. The van der Waals surface area contributed by atoms with Gasteiger partial charge in [-0.25, -0.2) is 13.8 Å². The number of nitrogens with two attached hydrogens (primary N) is 1. The van der Waals surface area contributed by atoms with E-state index in [4.69, 9.17) is 17.3 Å². The number of hydrogen-bond acceptors (Lipinski definition) is 4. The molecule has 2 heterocycles. The maximum atomic E-state index is 13.8. The van der Waals surface area contributed by atoms with Gasteiger partial charge in [-0.3, -0.25) is 14.4 Å². The molecule has 8 nitrogen and oxygen atoms in total. The summed E-state index contributed by atoms with van der Waals surface area (Å²) in [7, 11) is 0. The molecule has 2 aliphatic rings. The van der Waals surface area contributed by atoms with Crippen molar-refractivity contribution in [2.45, 2.75) is 58.0 Å². The molecule has 1 spiro atoms. The quantitative estimate of drug-likeness (QED) is 0.619. The lowest BCUT2D eigenvalue weighted by atomic mass is 9.71. The SMILES string of the molecule is CC(C)N(C(=O)c1nc[nH]c1C(N)=O)[C@H]1CC[C@@]2(CCN(c3cc(F)c(F)cc3Cl)C2=O)CC1. The number of imidazole rings is 1. The summed E-state index contributed by atoms with van der Waals surface area (Å²) in [5.74, 6) is -3.44. The number of H-pyrrole nitrogens is 1. The van der Waals surface area contributed by atoms with Crippen LogP contribution < -0.4 is 10.6 Å². The second kappa shape index (κ2) is 8.98. The molecule has 1 saturated carbocycles. The summed E-state index contributed by atoms with van der Waals surface area (Å²) in [6.45, 7) is 4.12. The first-order valence-electron chi connectivity index (χ1n) is 11.2. The zero-order valence-electron chi connectivity index (χ0n) is 18.9. The van der Waals surface area contributed by atoms with E-state index in [1.807, 2.05) is 13.8 Å². The molecule has 1 aromatic carbocycles. The number of carbonyl (C=O) groups excluding carboxylic acids is 3. The summed E-state index contributed by atoms with van der Waals surface area (Å²) in [5, 5.41) is -0.0150. The van der Waals surface area contributed by atoms with Gasteiger partial charge in [0.25, 0.3) is 11.8 Å². The van der Waals surface area contributed by atoms with Crippen LogP contribution in [-0.2, 0) is 4.79 Å². The number of primary amides is 1. The number of hydrogen-bond donors (Lipinski definition) is 2. The zero-order chi connectivity index (χ0) is 24.8. The molecular weight excluding hydrogens is 468 g/mol. The molecule has 3 N–H and O–H groups in total. The highest BCUT2D eigenvalue weighted by Gasteiger charge is 2.50. The summed E-state index contributed by atoms with van der Waals surface area (Å²) in [4.78, 5) is 48.1. The number of aromatic nitrogens is 2. The zero-order valence-corrected chi connectivity index (χ0v) is 19.7. The fourth-order valence-corrected chi connectivity index (χ4v) is 5.51. The summed E-state index contributed by atoms with van der Waals surface area (Å²) in [5.41, 5.74) is 4.84. The van der Waals surface area contributed by atoms with Crippen molar-refractivity contribution in [3.8, 4) is 0 Å². The summed E-state index contributed by atoms with van der Waals surface area (Å²) < 4.78 is 27.3. The Labute approximate surface area is 200 Å². The van der Waals surface area contributed by atoms with Crippen molar-refractivity contribution in [2.75, 3.05) is 11.4 Å². The standard InChI is InChI=1S/C23H26ClF2N5O3/c1-12(2)31(21(33)19-18(20(27)32)28-11-29-19)13-3-5-23(6-4-13)7-8-30(22(23)34)17-10-16(26)15(25)9-14(17)24/h9-13H,3-8H2,1-2H3,(H2,27,32)(H,28,29)/t13-,23-. The van der Waals surface area contributed by atoms with Gasteiger partial charge < -0.3 is 20.5 Å². The summed E-state index contributed by atoms with van der Waals surface area (Å²) >= 11 is 6.11. The fourth-order valence-electron chi connectivity index (χ4n) is 5.26. The van der Waals surface area contributed by atoms with Crippen LogP contribution in [0.5, 0.6) is 0 Å². The van der Waals surface area contributed by atoms with E-state index in [1.54, 1.807) is 4.90 Å². The molecule has 2 fully saturated rings. The Kier molecular flexibility index (Phi) is 6.37. The van der Waals surface area contributed by atoms with Gasteiger partial charge in [0.2, 0.25) is 5.91 Å². The van der Waals surface area contributed by atoms with E-state index in [-0.39, 0.29) is 46.0 Å². The van der Waals surface area contributed by atoms with Gasteiger partial charge in [-0.2, -0.15) is 0 Å². The van der Waals surface area contributed by atoms with E-state index >= 15 is 0 Å². The smallest absolute Gasteiger partial charge is 0.275 e. The van der Waals surface area contributed by atoms with Crippen LogP contribution in [0.4, 0.5) is 14.5 Å². The first-order chi connectivity index (χ1) is 16.1. The van der Waals surface area contributed by atoms with Gasteiger partial charge in [0, 0.05) is 24.7 Å². The van der Waals surface area contributed by atoms with E-state index in [2.05, 4.69) is 9.97 Å². The molecule has 4 rings (SSSR count). The number of rotatable bonds is 5. The lowest BCUT2D eigenvalue weighted by molar-refractivity contribution is -0.127. The van der Waals surface area contributed by atoms with Crippen LogP contribution in [0.25, 0.3) is 0 Å². The lowest BCUT2D eigenvalue weighted by Crippen LogP contribution is -2.49. The van der Waals surface area contributed by atoms with Crippen molar-refractivity contribution < 1.29 is 23.2 Å². The Morgan fingerprint density at radius 1 is 1.24 bits per heavy atom. The first-order valence-corrected chi connectivity index (χ1v) is 11.6. The number of amides is 3. The molecular formula is C23H26ClF2N5O3. The van der Waals surface area contributed by atoms with Crippen LogP contribution >= 0.6 is 11.6 Å². The maximum absolute atomic E-state index is 13.8. The minimum absolute atomic E-state index is 0.0150. The number of benzene rings is 1. The van der Waals surface area contributed by atoms with Crippen LogP contribution in [0, 0.1) is 17.0 Å². The second-order valence-corrected chi connectivity index (χ2v) is 9.64. The molecule has 0 unspecified atom stereocenters. The Hall–Kier alpha value is -3.01. The van der Waals surface area contributed by atoms with Gasteiger partial charge in [-0.15, -0.1) is 0 Å². The van der Waals surface area contributed by atoms with Gasteiger partial charge in [0.15, 0.2) is 17.3 Å². The average Bonchev–Trinajstić information content (AvgIpc) is 3.39. The molecule has 1 aliphatic heterocycles. The lowest BCUT2D eigenvalue weighted by Gasteiger charge is -2.42. The van der Waals surface area contributed by atoms with Crippen molar-refractivity contribution in [3.63, 3.8) is 0 Å². The van der Waals surface area contributed by atoms with Crippen molar-refractivity contribution in [1.29, 1.82) is 0 Å².